The van der Waals surface area contributed by atoms with Gasteiger partial charge in [0.25, 0.3) is 0 Å². The van der Waals surface area contributed by atoms with E-state index >= 15 is 0 Å². The second kappa shape index (κ2) is 7.05. The van der Waals surface area contributed by atoms with E-state index in [4.69, 9.17) is 4.74 Å². The molecule has 0 aromatic heterocycles. The largest absolute Gasteiger partial charge is 0.444 e. The third-order valence-electron chi connectivity index (χ3n) is 3.16. The summed E-state index contributed by atoms with van der Waals surface area (Å²) in [4.78, 5) is 25.3. The summed E-state index contributed by atoms with van der Waals surface area (Å²) < 4.78 is 8.10. The molecular weight excluding hydrogens is 300 g/mol. The van der Waals surface area contributed by atoms with Crippen molar-refractivity contribution in [3.63, 3.8) is 0 Å². The maximum atomic E-state index is 12.0. The lowest BCUT2D eigenvalue weighted by Crippen LogP contribution is -2.56. The van der Waals surface area contributed by atoms with E-state index in [0.29, 0.717) is 13.1 Å². The minimum absolute atomic E-state index is 0.0271. The molecule has 0 saturated carbocycles. The molecule has 0 unspecified atom stereocenters. The summed E-state index contributed by atoms with van der Waals surface area (Å²) in [6, 6.07) is 9.95. The first-order chi connectivity index (χ1) is 10.3. The Bertz CT molecular complexity index is 522. The van der Waals surface area contributed by atoms with Gasteiger partial charge in [0, 0.05) is 18.8 Å². The third-order valence-corrected chi connectivity index (χ3v) is 3.98. The Morgan fingerprint density at radius 2 is 1.91 bits per heavy atom. The lowest BCUT2D eigenvalue weighted by Gasteiger charge is -2.38. The van der Waals surface area contributed by atoms with Gasteiger partial charge in [-0.05, 0) is 38.3 Å². The van der Waals surface area contributed by atoms with E-state index in [1.54, 1.807) is 4.90 Å². The molecule has 1 N–H and O–H groups in total. The van der Waals surface area contributed by atoms with Crippen molar-refractivity contribution in [1.82, 2.24) is 9.62 Å². The molecule has 2 rings (SSSR count). The van der Waals surface area contributed by atoms with E-state index in [-0.39, 0.29) is 17.9 Å². The van der Waals surface area contributed by atoms with E-state index in [0.717, 1.165) is 11.3 Å². The van der Waals surface area contributed by atoms with Gasteiger partial charge in [-0.25, -0.2) is 4.79 Å². The van der Waals surface area contributed by atoms with Crippen molar-refractivity contribution < 1.29 is 14.3 Å². The number of benzene rings is 1. The van der Waals surface area contributed by atoms with Crippen LogP contribution in [0.2, 0.25) is 0 Å². The number of nitrogens with zero attached hydrogens (tertiary/aromatic N) is 1. The van der Waals surface area contributed by atoms with Crippen molar-refractivity contribution in [3.05, 3.63) is 35.9 Å². The molecule has 1 aliphatic heterocycles. The van der Waals surface area contributed by atoms with Crippen molar-refractivity contribution in [2.24, 2.45) is 5.92 Å². The average molecular weight is 322 g/mol. The minimum Gasteiger partial charge on any atom is -0.444 e. The number of carbonyl (C=O) groups excluding carboxylic acids is 2. The molecule has 1 heterocycles. The summed E-state index contributed by atoms with van der Waals surface area (Å²) in [5.74, 6) is 0.561. The Labute approximate surface area is 135 Å². The maximum Gasteiger partial charge on any atom is 0.410 e. The molecule has 6 heteroatoms. The number of rotatable bonds is 4. The fourth-order valence-corrected chi connectivity index (χ4v) is 2.71. The second-order valence-corrected chi connectivity index (χ2v) is 7.10. The van der Waals surface area contributed by atoms with E-state index in [1.807, 2.05) is 51.1 Å². The van der Waals surface area contributed by atoms with E-state index in [2.05, 4.69) is 4.72 Å². The fourth-order valence-electron chi connectivity index (χ4n) is 1.97. The molecule has 1 saturated heterocycles. The molecule has 1 aliphatic rings. The van der Waals surface area contributed by atoms with Crippen LogP contribution >= 0.6 is 11.9 Å². The number of amides is 2. The van der Waals surface area contributed by atoms with Gasteiger partial charge in [-0.2, -0.15) is 0 Å². The predicted octanol–water partition coefficient (Wildman–Crippen LogP) is 2.82. The lowest BCUT2D eigenvalue weighted by atomic mass is 10.0. The molecule has 2 amide bonds. The Hall–Kier alpha value is -1.69. The Kier molecular flexibility index (Phi) is 5.34. The van der Waals surface area contributed by atoms with Gasteiger partial charge >= 0.3 is 6.09 Å². The molecule has 0 radical (unpaired) electrons. The van der Waals surface area contributed by atoms with Gasteiger partial charge in [-0.1, -0.05) is 30.3 Å². The standard InChI is InChI=1S/C16H22N2O3S/c1-16(2,3)21-15(20)18-9-13(10-18)14(19)17-22-11-12-7-5-4-6-8-12/h4-8,13H,9-11H2,1-3H3,(H,17,19). The van der Waals surface area contributed by atoms with Crippen molar-refractivity contribution >= 4 is 23.9 Å². The van der Waals surface area contributed by atoms with Crippen molar-refractivity contribution in [3.8, 4) is 0 Å². The molecule has 5 nitrogen and oxygen atoms in total. The summed E-state index contributed by atoms with van der Waals surface area (Å²) in [6.07, 6.45) is -0.353. The van der Waals surface area contributed by atoms with E-state index in [9.17, 15) is 9.59 Å². The molecule has 120 valence electrons. The topological polar surface area (TPSA) is 58.6 Å². The Morgan fingerprint density at radius 3 is 2.50 bits per heavy atom. The van der Waals surface area contributed by atoms with Crippen molar-refractivity contribution in [2.75, 3.05) is 13.1 Å². The molecule has 1 fully saturated rings. The minimum atomic E-state index is -0.504. The molecule has 0 bridgehead atoms. The van der Waals surface area contributed by atoms with Crippen LogP contribution in [0.5, 0.6) is 0 Å². The highest BCUT2D eigenvalue weighted by molar-refractivity contribution is 7.97. The quantitative estimate of drug-likeness (QED) is 0.866. The molecular formula is C16H22N2O3S. The third kappa shape index (κ3) is 4.94. The zero-order chi connectivity index (χ0) is 16.2. The van der Waals surface area contributed by atoms with Crippen LogP contribution in [-0.4, -0.2) is 35.6 Å². The van der Waals surface area contributed by atoms with Crippen LogP contribution < -0.4 is 4.72 Å². The smallest absolute Gasteiger partial charge is 0.410 e. The molecule has 22 heavy (non-hydrogen) atoms. The molecule has 0 aliphatic carbocycles. The maximum absolute atomic E-state index is 12.0. The molecule has 0 atom stereocenters. The SMILES string of the molecule is CC(C)(C)OC(=O)N1CC(C(=O)NSCc2ccccc2)C1. The zero-order valence-electron chi connectivity index (χ0n) is 13.2. The summed E-state index contributed by atoms with van der Waals surface area (Å²) in [5, 5.41) is 0. The van der Waals surface area contributed by atoms with Gasteiger partial charge in [-0.15, -0.1) is 0 Å². The average Bonchev–Trinajstić information content (AvgIpc) is 2.36. The highest BCUT2D eigenvalue weighted by Crippen LogP contribution is 2.20. The lowest BCUT2D eigenvalue weighted by molar-refractivity contribution is -0.127. The molecule has 1 aromatic rings. The summed E-state index contributed by atoms with van der Waals surface area (Å²) in [7, 11) is 0. The predicted molar refractivity (Wildman–Crippen MR) is 87.2 cm³/mol. The Balaban J connectivity index is 1.65. The molecule has 0 spiro atoms. The summed E-state index contributed by atoms with van der Waals surface area (Å²) >= 11 is 1.38. The van der Waals surface area contributed by atoms with Gasteiger partial charge in [0.1, 0.15) is 5.60 Å². The van der Waals surface area contributed by atoms with E-state index in [1.165, 1.54) is 11.9 Å². The van der Waals surface area contributed by atoms with Crippen LogP contribution in [0.4, 0.5) is 4.79 Å². The van der Waals surface area contributed by atoms with Crippen LogP contribution in [-0.2, 0) is 15.3 Å². The second-order valence-electron chi connectivity index (χ2n) is 6.32. The first-order valence-electron chi connectivity index (χ1n) is 7.28. The molecule has 1 aromatic carbocycles. The number of hydrogen-bond acceptors (Lipinski definition) is 4. The van der Waals surface area contributed by atoms with E-state index < -0.39 is 5.60 Å². The van der Waals surface area contributed by atoms with Gasteiger partial charge in [-0.3, -0.25) is 9.52 Å². The monoisotopic (exact) mass is 322 g/mol. The van der Waals surface area contributed by atoms with Gasteiger partial charge in [0.15, 0.2) is 0 Å². The zero-order valence-corrected chi connectivity index (χ0v) is 14.0. The first-order valence-corrected chi connectivity index (χ1v) is 8.27. The number of nitrogens with one attached hydrogen (secondary N) is 1. The fraction of sp³-hybridized carbons (Fsp3) is 0.500. The number of ether oxygens (including phenoxy) is 1. The van der Waals surface area contributed by atoms with Crippen molar-refractivity contribution in [2.45, 2.75) is 32.1 Å². The van der Waals surface area contributed by atoms with Gasteiger partial charge in [0.2, 0.25) is 5.91 Å². The summed E-state index contributed by atoms with van der Waals surface area (Å²) in [6.45, 7) is 6.33. The van der Waals surface area contributed by atoms with Crippen LogP contribution in [0.15, 0.2) is 30.3 Å². The van der Waals surface area contributed by atoms with Crippen molar-refractivity contribution in [1.29, 1.82) is 0 Å². The van der Waals surface area contributed by atoms with Crippen LogP contribution in [0.1, 0.15) is 26.3 Å². The Morgan fingerprint density at radius 1 is 1.27 bits per heavy atom. The van der Waals surface area contributed by atoms with Crippen LogP contribution in [0.25, 0.3) is 0 Å². The van der Waals surface area contributed by atoms with Crippen LogP contribution in [0.3, 0.4) is 0 Å². The van der Waals surface area contributed by atoms with Crippen LogP contribution in [0, 0.1) is 5.92 Å². The van der Waals surface area contributed by atoms with Gasteiger partial charge in [0.05, 0.1) is 5.92 Å². The highest BCUT2D eigenvalue weighted by atomic mass is 32.2. The number of carbonyl (C=O) groups is 2. The summed E-state index contributed by atoms with van der Waals surface area (Å²) in [5.41, 5.74) is 0.660. The normalized spacial score (nSPS) is 15.1. The number of hydrogen-bond donors (Lipinski definition) is 1. The first kappa shape index (κ1) is 16.7. The van der Waals surface area contributed by atoms with Gasteiger partial charge < -0.3 is 9.64 Å². The highest BCUT2D eigenvalue weighted by Gasteiger charge is 2.37. The number of likely N-dealkylation sites (tertiary alicyclic amines) is 1.